The Bertz CT molecular complexity index is 686. The van der Waals surface area contributed by atoms with Gasteiger partial charge in [-0.05, 0) is 11.1 Å². The smallest absolute Gasteiger partial charge is 0.271 e. The molecule has 0 unspecified atom stereocenters. The molecular weight excluding hydrogens is 284 g/mol. The first-order chi connectivity index (χ1) is 10.5. The fraction of sp³-hybridized carbons (Fsp3) is 0.188. The van der Waals surface area contributed by atoms with E-state index in [9.17, 15) is 20.0 Å². The van der Waals surface area contributed by atoms with E-state index in [1.54, 1.807) is 18.2 Å². The minimum atomic E-state index is -0.754. The van der Waals surface area contributed by atoms with Gasteiger partial charge in [-0.3, -0.25) is 14.9 Å². The van der Waals surface area contributed by atoms with Gasteiger partial charge in [0.1, 0.15) is 0 Å². The van der Waals surface area contributed by atoms with E-state index in [0.717, 1.165) is 5.56 Å². The second-order valence-electron chi connectivity index (χ2n) is 4.91. The van der Waals surface area contributed by atoms with Crippen molar-refractivity contribution in [2.75, 3.05) is 5.32 Å². The number of hydrogen-bond donors (Lipinski definition) is 2. The van der Waals surface area contributed by atoms with Crippen LogP contribution >= 0.6 is 0 Å². The Hall–Kier alpha value is -2.73. The predicted octanol–water partition coefficient (Wildman–Crippen LogP) is 2.83. The van der Waals surface area contributed by atoms with Crippen molar-refractivity contribution in [3.8, 4) is 0 Å². The van der Waals surface area contributed by atoms with Crippen molar-refractivity contribution in [3.63, 3.8) is 0 Å². The molecule has 0 radical (unpaired) electrons. The lowest BCUT2D eigenvalue weighted by atomic mass is 10.00. The molecule has 0 saturated heterocycles. The van der Waals surface area contributed by atoms with E-state index < -0.39 is 11.0 Å². The Balaban J connectivity index is 2.29. The van der Waals surface area contributed by atoms with E-state index in [1.165, 1.54) is 19.1 Å². The second-order valence-corrected chi connectivity index (χ2v) is 4.91. The Morgan fingerprint density at radius 3 is 2.55 bits per heavy atom. The number of carbonyl (C=O) groups is 1. The summed E-state index contributed by atoms with van der Waals surface area (Å²) in [6, 6.07) is 13.3. The van der Waals surface area contributed by atoms with Gasteiger partial charge in [-0.25, -0.2) is 0 Å². The monoisotopic (exact) mass is 300 g/mol. The van der Waals surface area contributed by atoms with Crippen molar-refractivity contribution >= 4 is 17.3 Å². The van der Waals surface area contributed by atoms with Crippen molar-refractivity contribution in [2.24, 2.45) is 0 Å². The number of nitrogens with one attached hydrogen (secondary N) is 1. The standard InChI is InChI=1S/C16H16N2O4/c1-11(19)17-15-10-14(18(21)22)8-7-13(15)9-16(20)12-5-3-2-4-6-12/h2-8,10,16,20H,9H2,1H3,(H,17,19)/t16-/m0/s1. The Kier molecular flexibility index (Phi) is 4.85. The van der Waals surface area contributed by atoms with Crippen LogP contribution < -0.4 is 5.32 Å². The third-order valence-electron chi connectivity index (χ3n) is 3.21. The molecule has 0 aliphatic carbocycles. The van der Waals surface area contributed by atoms with Gasteiger partial charge in [-0.15, -0.1) is 0 Å². The van der Waals surface area contributed by atoms with Gasteiger partial charge in [-0.1, -0.05) is 36.4 Å². The highest BCUT2D eigenvalue weighted by atomic mass is 16.6. The van der Waals surface area contributed by atoms with Crippen LogP contribution in [0.5, 0.6) is 0 Å². The summed E-state index contributed by atoms with van der Waals surface area (Å²) >= 11 is 0. The third-order valence-corrected chi connectivity index (χ3v) is 3.21. The zero-order chi connectivity index (χ0) is 16.1. The van der Waals surface area contributed by atoms with Gasteiger partial charge in [0.2, 0.25) is 5.91 Å². The fourth-order valence-electron chi connectivity index (χ4n) is 2.16. The largest absolute Gasteiger partial charge is 0.388 e. The van der Waals surface area contributed by atoms with Crippen LogP contribution in [-0.2, 0) is 11.2 Å². The number of anilines is 1. The van der Waals surface area contributed by atoms with Crippen LogP contribution in [-0.4, -0.2) is 15.9 Å². The van der Waals surface area contributed by atoms with E-state index in [-0.39, 0.29) is 18.0 Å². The summed E-state index contributed by atoms with van der Waals surface area (Å²) in [5.41, 5.74) is 1.62. The van der Waals surface area contributed by atoms with E-state index in [1.807, 2.05) is 18.2 Å². The highest BCUT2D eigenvalue weighted by Crippen LogP contribution is 2.27. The number of hydrogen-bond acceptors (Lipinski definition) is 4. The summed E-state index contributed by atoms with van der Waals surface area (Å²) in [6.45, 7) is 1.33. The second kappa shape index (κ2) is 6.82. The van der Waals surface area contributed by atoms with Crippen molar-refractivity contribution < 1.29 is 14.8 Å². The number of aliphatic hydroxyl groups is 1. The lowest BCUT2D eigenvalue weighted by Gasteiger charge is -2.14. The maximum Gasteiger partial charge on any atom is 0.271 e. The molecule has 0 heterocycles. The molecule has 6 nitrogen and oxygen atoms in total. The number of non-ortho nitro benzene ring substituents is 1. The summed E-state index contributed by atoms with van der Waals surface area (Å²) in [4.78, 5) is 21.6. The first-order valence-electron chi connectivity index (χ1n) is 6.75. The Labute approximate surface area is 127 Å². The number of benzene rings is 2. The summed E-state index contributed by atoms with van der Waals surface area (Å²) < 4.78 is 0. The third kappa shape index (κ3) is 3.89. The number of aliphatic hydroxyl groups excluding tert-OH is 1. The number of nitro groups is 1. The molecule has 1 amide bonds. The number of nitrogens with zero attached hydrogens (tertiary/aromatic N) is 1. The van der Waals surface area contributed by atoms with Crippen LogP contribution in [0.3, 0.4) is 0 Å². The molecule has 2 rings (SSSR count). The minimum Gasteiger partial charge on any atom is -0.388 e. The highest BCUT2D eigenvalue weighted by molar-refractivity contribution is 5.90. The molecule has 0 bridgehead atoms. The maximum atomic E-state index is 11.3. The molecule has 0 spiro atoms. The summed E-state index contributed by atoms with van der Waals surface area (Å²) in [5.74, 6) is -0.323. The van der Waals surface area contributed by atoms with Crippen LogP contribution in [0.25, 0.3) is 0 Å². The molecule has 2 N–H and O–H groups in total. The Morgan fingerprint density at radius 1 is 1.27 bits per heavy atom. The molecular formula is C16H16N2O4. The average Bonchev–Trinajstić information content (AvgIpc) is 2.49. The van der Waals surface area contributed by atoms with Gasteiger partial charge >= 0.3 is 0 Å². The SMILES string of the molecule is CC(=O)Nc1cc([N+](=O)[O-])ccc1C[C@H](O)c1ccccc1. The molecule has 1 atom stereocenters. The molecule has 0 aromatic heterocycles. The van der Waals surface area contributed by atoms with E-state index >= 15 is 0 Å². The number of rotatable bonds is 5. The van der Waals surface area contributed by atoms with Gasteiger partial charge in [0.05, 0.1) is 16.7 Å². The van der Waals surface area contributed by atoms with E-state index in [2.05, 4.69) is 5.32 Å². The lowest BCUT2D eigenvalue weighted by molar-refractivity contribution is -0.384. The average molecular weight is 300 g/mol. The van der Waals surface area contributed by atoms with Crippen LogP contribution in [0.4, 0.5) is 11.4 Å². The van der Waals surface area contributed by atoms with Crippen LogP contribution in [0, 0.1) is 10.1 Å². The van der Waals surface area contributed by atoms with Crippen molar-refractivity contribution in [1.82, 2.24) is 0 Å². The highest BCUT2D eigenvalue weighted by Gasteiger charge is 2.15. The summed E-state index contributed by atoms with van der Waals surface area (Å²) in [7, 11) is 0. The molecule has 0 aliphatic rings. The molecule has 0 aliphatic heterocycles. The zero-order valence-electron chi connectivity index (χ0n) is 12.0. The number of amides is 1. The van der Waals surface area contributed by atoms with Crippen LogP contribution in [0.2, 0.25) is 0 Å². The molecule has 2 aromatic carbocycles. The number of carbonyl (C=O) groups excluding carboxylic acids is 1. The molecule has 114 valence electrons. The van der Waals surface area contributed by atoms with Gasteiger partial charge in [0, 0.05) is 25.5 Å². The molecule has 0 saturated carbocycles. The molecule has 6 heteroatoms. The normalized spacial score (nSPS) is 11.7. The first-order valence-corrected chi connectivity index (χ1v) is 6.75. The lowest BCUT2D eigenvalue weighted by Crippen LogP contribution is -2.10. The van der Waals surface area contributed by atoms with E-state index in [4.69, 9.17) is 0 Å². The van der Waals surface area contributed by atoms with E-state index in [0.29, 0.717) is 11.3 Å². The maximum absolute atomic E-state index is 11.3. The number of nitro benzene ring substituents is 1. The molecule has 2 aromatic rings. The summed E-state index contributed by atoms with van der Waals surface area (Å²) in [5, 5.41) is 23.7. The van der Waals surface area contributed by atoms with Crippen LogP contribution in [0.1, 0.15) is 24.2 Å². The minimum absolute atomic E-state index is 0.110. The molecule has 22 heavy (non-hydrogen) atoms. The van der Waals surface area contributed by atoms with Crippen molar-refractivity contribution in [2.45, 2.75) is 19.4 Å². The van der Waals surface area contributed by atoms with Gasteiger partial charge in [0.15, 0.2) is 0 Å². The van der Waals surface area contributed by atoms with Crippen LogP contribution in [0.15, 0.2) is 48.5 Å². The van der Waals surface area contributed by atoms with Gasteiger partial charge in [-0.2, -0.15) is 0 Å². The van der Waals surface area contributed by atoms with Crippen molar-refractivity contribution in [3.05, 3.63) is 69.8 Å². The quantitative estimate of drug-likeness (QED) is 0.656. The predicted molar refractivity (Wildman–Crippen MR) is 82.5 cm³/mol. The first kappa shape index (κ1) is 15.7. The zero-order valence-corrected chi connectivity index (χ0v) is 12.0. The summed E-state index contributed by atoms with van der Waals surface area (Å²) in [6.07, 6.45) is -0.507. The van der Waals surface area contributed by atoms with Gasteiger partial charge < -0.3 is 10.4 Å². The molecule has 0 fully saturated rings. The Morgan fingerprint density at radius 2 is 1.95 bits per heavy atom. The van der Waals surface area contributed by atoms with Crippen molar-refractivity contribution in [1.29, 1.82) is 0 Å². The van der Waals surface area contributed by atoms with Gasteiger partial charge in [0.25, 0.3) is 5.69 Å². The topological polar surface area (TPSA) is 92.5 Å². The fourth-order valence-corrected chi connectivity index (χ4v) is 2.16.